The number of hydrogen-bond donors (Lipinski definition) is 1. The van der Waals surface area contributed by atoms with Gasteiger partial charge < -0.3 is 24.1 Å². The molecule has 0 spiro atoms. The first-order chi connectivity index (χ1) is 22.2. The first-order valence-electron chi connectivity index (χ1n) is 14.6. The number of piperazine rings is 1. The van der Waals surface area contributed by atoms with Gasteiger partial charge in [-0.3, -0.25) is 4.79 Å². The summed E-state index contributed by atoms with van der Waals surface area (Å²) in [4.78, 5) is 19.9. The Morgan fingerprint density at radius 2 is 1.78 bits per heavy atom. The Bertz CT molecular complexity index is 2120. The summed E-state index contributed by atoms with van der Waals surface area (Å²) in [7, 11) is 1.47. The van der Waals surface area contributed by atoms with Crippen LogP contribution >= 0.6 is 11.6 Å². The minimum absolute atomic E-state index is 0.0442. The zero-order valence-corrected chi connectivity index (χ0v) is 25.4. The molecule has 2 aromatic carbocycles. The maximum atomic E-state index is 14.5. The van der Waals surface area contributed by atoms with Gasteiger partial charge in [0, 0.05) is 74.5 Å². The minimum Gasteiger partial charge on any atom is -0.480 e. The third kappa shape index (κ3) is 5.35. The molecule has 5 heterocycles. The van der Waals surface area contributed by atoms with Crippen molar-refractivity contribution in [3.8, 4) is 22.7 Å². The Labute approximate surface area is 265 Å². The Morgan fingerprint density at radius 1 is 1.00 bits per heavy atom. The molecule has 10 nitrogen and oxygen atoms in total. The molecule has 1 saturated heterocycles. The predicted molar refractivity (Wildman–Crippen MR) is 170 cm³/mol. The van der Waals surface area contributed by atoms with E-state index in [1.54, 1.807) is 27.8 Å². The van der Waals surface area contributed by atoms with Gasteiger partial charge in [0.05, 0.1) is 23.9 Å². The third-order valence-electron chi connectivity index (χ3n) is 8.23. The summed E-state index contributed by atoms with van der Waals surface area (Å²) in [6, 6.07) is 15.2. The number of rotatable bonds is 7. The van der Waals surface area contributed by atoms with Crippen LogP contribution in [0.25, 0.3) is 38.8 Å². The van der Waals surface area contributed by atoms with Crippen LogP contribution in [0.15, 0.2) is 78.0 Å². The van der Waals surface area contributed by atoms with Crippen molar-refractivity contribution in [3.63, 3.8) is 0 Å². The van der Waals surface area contributed by atoms with Gasteiger partial charge in [-0.15, -0.1) is 5.10 Å². The van der Waals surface area contributed by atoms with Gasteiger partial charge in [0.2, 0.25) is 5.88 Å². The number of methoxy groups -OCH3 is 1. The van der Waals surface area contributed by atoms with E-state index in [0.29, 0.717) is 66.3 Å². The van der Waals surface area contributed by atoms with E-state index in [4.69, 9.17) is 16.3 Å². The molecule has 0 saturated carbocycles. The monoisotopic (exact) mass is 648 g/mol. The van der Waals surface area contributed by atoms with Crippen LogP contribution in [0.1, 0.15) is 5.56 Å². The maximum Gasteiger partial charge on any atom is 0.418 e. The SMILES string of the molecule is COc1ncc(-c2ccc3c(c2)c2c(nnn2-c2ccc(N4CCNCC4)c(C(F)(F)F)c2)c(=O)n3CCn2cccc2)cc1Cl. The van der Waals surface area contributed by atoms with Crippen LogP contribution in [-0.4, -0.2) is 62.4 Å². The van der Waals surface area contributed by atoms with Crippen LogP contribution in [0.2, 0.25) is 5.02 Å². The minimum atomic E-state index is -4.62. The number of aromatic nitrogens is 6. The highest BCUT2D eigenvalue weighted by molar-refractivity contribution is 6.32. The van der Waals surface area contributed by atoms with E-state index < -0.39 is 17.3 Å². The van der Waals surface area contributed by atoms with Gasteiger partial charge >= 0.3 is 6.18 Å². The predicted octanol–water partition coefficient (Wildman–Crippen LogP) is 5.39. The summed E-state index contributed by atoms with van der Waals surface area (Å²) >= 11 is 6.38. The van der Waals surface area contributed by atoms with E-state index in [2.05, 4.69) is 20.6 Å². The summed E-state index contributed by atoms with van der Waals surface area (Å²) in [6.45, 7) is 2.94. The molecule has 0 atom stereocenters. The molecule has 1 N–H and O–H groups in total. The Hall–Kier alpha value is -4.88. The van der Waals surface area contributed by atoms with E-state index in [9.17, 15) is 18.0 Å². The van der Waals surface area contributed by atoms with Crippen molar-refractivity contribution in [1.29, 1.82) is 0 Å². The van der Waals surface area contributed by atoms with E-state index in [0.717, 1.165) is 11.6 Å². The molecule has 0 aliphatic carbocycles. The number of anilines is 1. The number of alkyl halides is 3. The van der Waals surface area contributed by atoms with Gasteiger partial charge in [-0.05, 0) is 54.1 Å². The van der Waals surface area contributed by atoms with Gasteiger partial charge in [0.15, 0.2) is 5.52 Å². The molecule has 7 rings (SSSR count). The van der Waals surface area contributed by atoms with Gasteiger partial charge in [-0.25, -0.2) is 9.67 Å². The highest BCUT2D eigenvalue weighted by Gasteiger charge is 2.36. The average molecular weight is 649 g/mol. The van der Waals surface area contributed by atoms with Crippen LogP contribution in [0, 0.1) is 0 Å². The largest absolute Gasteiger partial charge is 0.480 e. The topological polar surface area (TPSA) is 95.0 Å². The van der Waals surface area contributed by atoms with Gasteiger partial charge in [0.25, 0.3) is 5.56 Å². The van der Waals surface area contributed by atoms with Crippen LogP contribution in [0.4, 0.5) is 18.9 Å². The molecule has 0 unspecified atom stereocenters. The van der Waals surface area contributed by atoms with Crippen LogP contribution < -0.4 is 20.5 Å². The number of aryl methyl sites for hydroxylation is 2. The number of fused-ring (bicyclic) bond motifs is 3. The smallest absolute Gasteiger partial charge is 0.418 e. The number of nitrogens with zero attached hydrogens (tertiary/aromatic N) is 7. The number of pyridine rings is 2. The lowest BCUT2D eigenvalue weighted by molar-refractivity contribution is -0.137. The number of nitrogens with one attached hydrogen (secondary N) is 1. The maximum absolute atomic E-state index is 14.5. The quantitative estimate of drug-likeness (QED) is 0.248. The third-order valence-corrected chi connectivity index (χ3v) is 8.50. The Kier molecular flexibility index (Phi) is 7.65. The number of hydrogen-bond acceptors (Lipinski definition) is 7. The standard InChI is InChI=1S/C32H28ClF3N8O2/c1-46-30-25(33)17-21(19-38-30)20-4-6-26-23(16-20)29-28(31(45)43(26)15-14-41-10-2-3-11-41)39-40-44(29)22-5-7-27(24(18-22)32(34,35)36)42-12-8-37-9-13-42/h2-7,10-11,16-19,37H,8-9,12-15H2,1H3. The molecule has 6 aromatic rings. The van der Waals surface area contributed by atoms with Crippen LogP contribution in [0.5, 0.6) is 5.88 Å². The summed E-state index contributed by atoms with van der Waals surface area (Å²) in [5.74, 6) is 0.277. The molecule has 1 aliphatic heterocycles. The second-order valence-electron chi connectivity index (χ2n) is 11.0. The molecule has 1 fully saturated rings. The molecule has 0 radical (unpaired) electrons. The van der Waals surface area contributed by atoms with Crippen molar-refractivity contribution < 1.29 is 17.9 Å². The second-order valence-corrected chi connectivity index (χ2v) is 11.4. The van der Waals surface area contributed by atoms with Crippen LogP contribution in [-0.2, 0) is 19.3 Å². The first kappa shape index (κ1) is 29.8. The average Bonchev–Trinajstić information content (AvgIpc) is 3.75. The molecular weight excluding hydrogens is 621 g/mol. The van der Waals surface area contributed by atoms with E-state index >= 15 is 0 Å². The van der Waals surface area contributed by atoms with E-state index in [-0.39, 0.29) is 22.8 Å². The second kappa shape index (κ2) is 11.8. The lowest BCUT2D eigenvalue weighted by Crippen LogP contribution is -2.44. The first-order valence-corrected chi connectivity index (χ1v) is 15.0. The zero-order chi connectivity index (χ0) is 32.0. The number of benzene rings is 2. The molecule has 236 valence electrons. The van der Waals surface area contributed by atoms with Crippen molar-refractivity contribution in [2.24, 2.45) is 0 Å². The zero-order valence-electron chi connectivity index (χ0n) is 24.6. The van der Waals surface area contributed by atoms with Gasteiger partial charge in [0.1, 0.15) is 10.5 Å². The molecule has 0 amide bonds. The van der Waals surface area contributed by atoms with Crippen molar-refractivity contribution in [2.75, 3.05) is 38.2 Å². The molecule has 1 aliphatic rings. The molecule has 4 aromatic heterocycles. The van der Waals surface area contributed by atoms with Crippen molar-refractivity contribution in [1.82, 2.24) is 34.4 Å². The van der Waals surface area contributed by atoms with Crippen molar-refractivity contribution in [3.05, 3.63) is 94.1 Å². The molecule has 0 bridgehead atoms. The van der Waals surface area contributed by atoms with Gasteiger partial charge in [-0.1, -0.05) is 22.9 Å². The fourth-order valence-electron chi connectivity index (χ4n) is 5.98. The van der Waals surface area contributed by atoms with Crippen molar-refractivity contribution in [2.45, 2.75) is 19.3 Å². The van der Waals surface area contributed by atoms with Crippen LogP contribution in [0.3, 0.4) is 0 Å². The summed E-state index contributed by atoms with van der Waals surface area (Å²) < 4.78 is 53.5. The highest BCUT2D eigenvalue weighted by Crippen LogP contribution is 2.39. The Morgan fingerprint density at radius 3 is 2.50 bits per heavy atom. The van der Waals surface area contributed by atoms with Gasteiger partial charge in [-0.2, -0.15) is 13.2 Å². The van der Waals surface area contributed by atoms with Crippen molar-refractivity contribution >= 4 is 39.2 Å². The molecule has 14 heteroatoms. The molecular formula is C32H28ClF3N8O2. The fraction of sp³-hybridized carbons (Fsp3) is 0.250. The fourth-order valence-corrected chi connectivity index (χ4v) is 6.22. The van der Waals surface area contributed by atoms with E-state index in [1.807, 2.05) is 47.3 Å². The number of ether oxygens (including phenoxy) is 1. The Balaban J connectivity index is 1.44. The summed E-state index contributed by atoms with van der Waals surface area (Å²) in [5, 5.41) is 12.5. The molecule has 46 heavy (non-hydrogen) atoms. The normalized spacial score (nSPS) is 14.0. The lowest BCUT2D eigenvalue weighted by Gasteiger charge is -2.31. The highest BCUT2D eigenvalue weighted by atomic mass is 35.5. The lowest BCUT2D eigenvalue weighted by atomic mass is 10.0. The summed E-state index contributed by atoms with van der Waals surface area (Å²) in [6.07, 6.45) is 0.810. The summed E-state index contributed by atoms with van der Waals surface area (Å²) in [5.41, 5.74) is 1.40. The number of halogens is 4. The van der Waals surface area contributed by atoms with E-state index in [1.165, 1.54) is 17.9 Å².